The van der Waals surface area contributed by atoms with Crippen LogP contribution in [0.4, 0.5) is 11.9 Å². The Morgan fingerprint density at radius 3 is 2.55 bits per heavy atom. The molecule has 1 unspecified atom stereocenters. The van der Waals surface area contributed by atoms with E-state index in [0.717, 1.165) is 5.56 Å². The first-order chi connectivity index (χ1) is 9.45. The van der Waals surface area contributed by atoms with E-state index in [1.165, 1.54) is 0 Å². The highest BCUT2D eigenvalue weighted by Gasteiger charge is 2.11. The lowest BCUT2D eigenvalue weighted by atomic mass is 10.1. The van der Waals surface area contributed by atoms with Crippen molar-refractivity contribution < 1.29 is 0 Å². The van der Waals surface area contributed by atoms with Crippen molar-refractivity contribution in [1.29, 1.82) is 0 Å². The maximum atomic E-state index is 5.99. The number of benzene rings is 1. The fourth-order valence-corrected chi connectivity index (χ4v) is 2.01. The van der Waals surface area contributed by atoms with Crippen LogP contribution in [0.1, 0.15) is 18.5 Å². The molecule has 0 bridgehead atoms. The van der Waals surface area contributed by atoms with Crippen LogP contribution in [0, 0.1) is 0 Å². The van der Waals surface area contributed by atoms with Crippen molar-refractivity contribution >= 4 is 35.1 Å². The third kappa shape index (κ3) is 3.71. The van der Waals surface area contributed by atoms with Gasteiger partial charge in [-0.25, -0.2) is 0 Å². The quantitative estimate of drug-likeness (QED) is 0.937. The van der Waals surface area contributed by atoms with Crippen molar-refractivity contribution in [2.75, 3.05) is 24.3 Å². The van der Waals surface area contributed by atoms with Gasteiger partial charge >= 0.3 is 0 Å². The predicted molar refractivity (Wildman–Crippen MR) is 82.7 cm³/mol. The number of aromatic nitrogens is 3. The Morgan fingerprint density at radius 2 is 1.90 bits per heavy atom. The minimum absolute atomic E-state index is 0.00202. The molecule has 0 spiro atoms. The summed E-state index contributed by atoms with van der Waals surface area (Å²) in [7, 11) is 3.69. The highest BCUT2D eigenvalue weighted by atomic mass is 35.5. The maximum absolute atomic E-state index is 5.99. The number of hydrogen-bond donors (Lipinski definition) is 1. The molecule has 0 saturated carbocycles. The van der Waals surface area contributed by atoms with Gasteiger partial charge in [0.25, 0.3) is 0 Å². The van der Waals surface area contributed by atoms with Crippen LogP contribution in [-0.4, -0.2) is 29.0 Å². The predicted octanol–water partition coefficient (Wildman–Crippen LogP) is 3.42. The van der Waals surface area contributed by atoms with Gasteiger partial charge in [0.2, 0.25) is 17.2 Å². The molecule has 106 valence electrons. The summed E-state index contributed by atoms with van der Waals surface area (Å²) < 4.78 is 0. The van der Waals surface area contributed by atoms with Crippen molar-refractivity contribution in [1.82, 2.24) is 15.0 Å². The molecule has 0 fully saturated rings. The molecule has 1 aromatic heterocycles. The standard InChI is InChI=1S/C13H15Cl2N5/c1-8(9-5-4-6-10(14)7-9)16-12-17-11(15)18-13(19-12)20(2)3/h4-8H,1-3H3,(H,16,17,18,19). The Bertz CT molecular complexity index is 603. The summed E-state index contributed by atoms with van der Waals surface area (Å²) >= 11 is 11.9. The van der Waals surface area contributed by atoms with Crippen molar-refractivity contribution in [3.8, 4) is 0 Å². The molecule has 20 heavy (non-hydrogen) atoms. The van der Waals surface area contributed by atoms with Crippen LogP contribution < -0.4 is 10.2 Å². The normalized spacial score (nSPS) is 12.1. The van der Waals surface area contributed by atoms with E-state index >= 15 is 0 Å². The highest BCUT2D eigenvalue weighted by Crippen LogP contribution is 2.21. The van der Waals surface area contributed by atoms with Crippen LogP contribution in [-0.2, 0) is 0 Å². The summed E-state index contributed by atoms with van der Waals surface area (Å²) in [4.78, 5) is 14.2. The fraction of sp³-hybridized carbons (Fsp3) is 0.308. The Kier molecular flexibility index (Phi) is 4.62. The Morgan fingerprint density at radius 1 is 1.15 bits per heavy atom. The largest absolute Gasteiger partial charge is 0.348 e. The van der Waals surface area contributed by atoms with Crippen LogP contribution >= 0.6 is 23.2 Å². The summed E-state index contributed by atoms with van der Waals surface area (Å²) in [6.45, 7) is 2.00. The maximum Gasteiger partial charge on any atom is 0.230 e. The van der Waals surface area contributed by atoms with Crippen molar-refractivity contribution in [2.24, 2.45) is 0 Å². The first kappa shape index (κ1) is 14.8. The molecule has 1 heterocycles. The zero-order valence-corrected chi connectivity index (χ0v) is 12.9. The minimum Gasteiger partial charge on any atom is -0.348 e. The zero-order valence-electron chi connectivity index (χ0n) is 11.4. The summed E-state index contributed by atoms with van der Waals surface area (Å²) in [5.41, 5.74) is 1.04. The van der Waals surface area contributed by atoms with Crippen LogP contribution in [0.25, 0.3) is 0 Å². The van der Waals surface area contributed by atoms with E-state index in [4.69, 9.17) is 23.2 Å². The number of rotatable bonds is 4. The Labute approximate surface area is 128 Å². The van der Waals surface area contributed by atoms with Crippen molar-refractivity contribution in [3.63, 3.8) is 0 Å². The number of hydrogen-bond acceptors (Lipinski definition) is 5. The monoisotopic (exact) mass is 311 g/mol. The fourth-order valence-electron chi connectivity index (χ4n) is 1.66. The van der Waals surface area contributed by atoms with E-state index in [2.05, 4.69) is 20.3 Å². The molecule has 0 aliphatic rings. The molecule has 0 saturated heterocycles. The third-order valence-electron chi connectivity index (χ3n) is 2.69. The summed E-state index contributed by atoms with van der Waals surface area (Å²) in [6, 6.07) is 7.62. The lowest BCUT2D eigenvalue weighted by Gasteiger charge is -2.16. The van der Waals surface area contributed by atoms with E-state index < -0.39 is 0 Å². The minimum atomic E-state index is 0.00202. The van der Waals surface area contributed by atoms with Gasteiger partial charge in [-0.2, -0.15) is 15.0 Å². The van der Waals surface area contributed by atoms with Crippen LogP contribution in [0.15, 0.2) is 24.3 Å². The lowest BCUT2D eigenvalue weighted by Crippen LogP contribution is -2.16. The second-order valence-electron chi connectivity index (χ2n) is 4.54. The number of nitrogens with zero attached hydrogens (tertiary/aromatic N) is 4. The number of nitrogens with one attached hydrogen (secondary N) is 1. The molecule has 0 radical (unpaired) electrons. The first-order valence-electron chi connectivity index (χ1n) is 6.06. The van der Waals surface area contributed by atoms with E-state index in [1.807, 2.05) is 45.3 Å². The molecule has 0 amide bonds. The van der Waals surface area contributed by atoms with Gasteiger partial charge in [-0.3, -0.25) is 0 Å². The van der Waals surface area contributed by atoms with Gasteiger partial charge in [-0.05, 0) is 36.2 Å². The molecular formula is C13H15Cl2N5. The molecule has 5 nitrogen and oxygen atoms in total. The van der Waals surface area contributed by atoms with E-state index in [0.29, 0.717) is 16.9 Å². The Balaban J connectivity index is 2.21. The van der Waals surface area contributed by atoms with Gasteiger partial charge in [0.15, 0.2) is 0 Å². The van der Waals surface area contributed by atoms with Crippen LogP contribution in [0.2, 0.25) is 10.3 Å². The second-order valence-corrected chi connectivity index (χ2v) is 5.32. The van der Waals surface area contributed by atoms with Gasteiger partial charge in [0, 0.05) is 19.1 Å². The molecule has 7 heteroatoms. The second kappa shape index (κ2) is 6.24. The van der Waals surface area contributed by atoms with Gasteiger partial charge in [0.05, 0.1) is 6.04 Å². The van der Waals surface area contributed by atoms with E-state index in [9.17, 15) is 0 Å². The van der Waals surface area contributed by atoms with Crippen LogP contribution in [0.3, 0.4) is 0 Å². The molecule has 0 aliphatic heterocycles. The summed E-state index contributed by atoms with van der Waals surface area (Å²) in [6.07, 6.45) is 0. The average molecular weight is 312 g/mol. The van der Waals surface area contributed by atoms with Gasteiger partial charge in [-0.1, -0.05) is 23.7 Å². The van der Waals surface area contributed by atoms with E-state index in [-0.39, 0.29) is 11.3 Å². The summed E-state index contributed by atoms with van der Waals surface area (Å²) in [5, 5.41) is 4.04. The number of anilines is 2. The van der Waals surface area contributed by atoms with Crippen molar-refractivity contribution in [3.05, 3.63) is 40.1 Å². The van der Waals surface area contributed by atoms with Gasteiger partial charge in [-0.15, -0.1) is 0 Å². The number of halogens is 2. The van der Waals surface area contributed by atoms with E-state index in [1.54, 1.807) is 4.90 Å². The zero-order chi connectivity index (χ0) is 14.7. The third-order valence-corrected chi connectivity index (χ3v) is 3.09. The van der Waals surface area contributed by atoms with Crippen molar-refractivity contribution in [2.45, 2.75) is 13.0 Å². The first-order valence-corrected chi connectivity index (χ1v) is 6.82. The SMILES string of the molecule is CC(Nc1nc(Cl)nc(N(C)C)n1)c1cccc(Cl)c1. The smallest absolute Gasteiger partial charge is 0.230 e. The molecule has 0 aliphatic carbocycles. The highest BCUT2D eigenvalue weighted by molar-refractivity contribution is 6.30. The molecule has 2 rings (SSSR count). The summed E-state index contributed by atoms with van der Waals surface area (Å²) in [5.74, 6) is 0.937. The molecule has 1 N–H and O–H groups in total. The molecular weight excluding hydrogens is 297 g/mol. The van der Waals surface area contributed by atoms with Crippen LogP contribution in [0.5, 0.6) is 0 Å². The lowest BCUT2D eigenvalue weighted by molar-refractivity contribution is 0.847. The average Bonchev–Trinajstić information content (AvgIpc) is 2.37. The molecule has 1 atom stereocenters. The molecule has 1 aromatic carbocycles. The van der Waals surface area contributed by atoms with Gasteiger partial charge in [0.1, 0.15) is 0 Å². The Hall–Kier alpha value is -1.59. The topological polar surface area (TPSA) is 53.9 Å². The van der Waals surface area contributed by atoms with Gasteiger partial charge < -0.3 is 10.2 Å². The molecule has 2 aromatic rings.